The van der Waals surface area contributed by atoms with Gasteiger partial charge in [-0.15, -0.1) is 0 Å². The second-order valence-electron chi connectivity index (χ2n) is 3.24. The first-order valence-electron chi connectivity index (χ1n) is 5.35. The van der Waals surface area contributed by atoms with E-state index in [0.717, 1.165) is 0 Å². The Morgan fingerprint density at radius 1 is 1.00 bits per heavy atom. The zero-order valence-electron chi connectivity index (χ0n) is 10.2. The maximum atomic E-state index is 11.6. The molecule has 0 aliphatic carbocycles. The number of carbonyl (C=O) groups is 2. The van der Waals surface area contributed by atoms with Crippen molar-refractivity contribution in [2.45, 2.75) is 13.8 Å². The van der Waals surface area contributed by atoms with Gasteiger partial charge in [0.25, 0.3) is 11.8 Å². The van der Waals surface area contributed by atoms with E-state index in [1.54, 1.807) is 32.0 Å². The summed E-state index contributed by atoms with van der Waals surface area (Å²) in [5.74, 6) is -0.747. The Kier molecular flexibility index (Phi) is 5.24. The molecule has 0 bridgehead atoms. The fourth-order valence-electron chi connectivity index (χ4n) is 1.18. The molecule has 0 fully saturated rings. The summed E-state index contributed by atoms with van der Waals surface area (Å²) in [6, 6.07) is 6.29. The number of rotatable bonds is 4. The summed E-state index contributed by atoms with van der Waals surface area (Å²) in [7, 11) is 0. The normalized spacial score (nSPS) is 10.8. The minimum atomic E-state index is -0.373. The summed E-state index contributed by atoms with van der Waals surface area (Å²) in [6.07, 6.45) is 2.93. The number of nitrogens with zero attached hydrogens (tertiary/aromatic N) is 2. The molecule has 0 aliphatic heterocycles. The first kappa shape index (κ1) is 13.6. The molecule has 1 rings (SSSR count). The van der Waals surface area contributed by atoms with Gasteiger partial charge < -0.3 is 0 Å². The largest absolute Gasteiger partial charge is 0.271 e. The van der Waals surface area contributed by atoms with Crippen LogP contribution >= 0.6 is 0 Å². The predicted octanol–water partition coefficient (Wildman–Crippen LogP) is 1.16. The lowest BCUT2D eigenvalue weighted by molar-refractivity contribution is 0.0954. The first-order chi connectivity index (χ1) is 8.69. The molecule has 0 saturated carbocycles. The monoisotopic (exact) mass is 246 g/mol. The van der Waals surface area contributed by atoms with Gasteiger partial charge >= 0.3 is 0 Å². The average Bonchev–Trinajstić information content (AvgIpc) is 2.42. The summed E-state index contributed by atoms with van der Waals surface area (Å²) in [4.78, 5) is 23.2. The summed E-state index contributed by atoms with van der Waals surface area (Å²) in [5, 5.41) is 7.25. The van der Waals surface area contributed by atoms with Crippen LogP contribution in [0.3, 0.4) is 0 Å². The molecular weight excluding hydrogens is 232 g/mol. The Morgan fingerprint density at radius 3 is 1.83 bits per heavy atom. The van der Waals surface area contributed by atoms with Gasteiger partial charge in [0, 0.05) is 23.6 Å². The molecule has 94 valence electrons. The van der Waals surface area contributed by atoms with Crippen molar-refractivity contribution >= 4 is 24.2 Å². The number of nitrogens with one attached hydrogen (secondary N) is 2. The number of hydrogen-bond donors (Lipinski definition) is 2. The Labute approximate surface area is 105 Å². The smallest absolute Gasteiger partial charge is 0.267 e. The van der Waals surface area contributed by atoms with Gasteiger partial charge in [0.2, 0.25) is 0 Å². The SMILES string of the molecule is CC=NNC(=O)c1cccc(C(=O)NN=CC)c1. The van der Waals surface area contributed by atoms with E-state index < -0.39 is 0 Å². The van der Waals surface area contributed by atoms with Crippen LogP contribution in [0.25, 0.3) is 0 Å². The second kappa shape index (κ2) is 6.95. The summed E-state index contributed by atoms with van der Waals surface area (Å²) in [6.45, 7) is 3.37. The zero-order chi connectivity index (χ0) is 13.4. The van der Waals surface area contributed by atoms with Crippen molar-refractivity contribution in [2.24, 2.45) is 10.2 Å². The van der Waals surface area contributed by atoms with E-state index in [1.165, 1.54) is 18.5 Å². The summed E-state index contributed by atoms with van der Waals surface area (Å²) in [5.41, 5.74) is 5.36. The molecule has 1 aromatic carbocycles. The lowest BCUT2D eigenvalue weighted by Gasteiger charge is -2.03. The molecule has 1 aromatic rings. The summed E-state index contributed by atoms with van der Waals surface area (Å²) >= 11 is 0. The maximum absolute atomic E-state index is 11.6. The Hall–Kier alpha value is -2.50. The van der Waals surface area contributed by atoms with Gasteiger partial charge in [0.1, 0.15) is 0 Å². The van der Waals surface area contributed by atoms with E-state index in [2.05, 4.69) is 21.1 Å². The van der Waals surface area contributed by atoms with Crippen molar-refractivity contribution in [3.05, 3.63) is 35.4 Å². The first-order valence-corrected chi connectivity index (χ1v) is 5.35. The topological polar surface area (TPSA) is 82.9 Å². The van der Waals surface area contributed by atoms with Crippen molar-refractivity contribution in [3.63, 3.8) is 0 Å². The molecule has 2 amide bonds. The molecule has 6 heteroatoms. The van der Waals surface area contributed by atoms with Crippen molar-refractivity contribution < 1.29 is 9.59 Å². The molecule has 18 heavy (non-hydrogen) atoms. The van der Waals surface area contributed by atoms with E-state index >= 15 is 0 Å². The average molecular weight is 246 g/mol. The lowest BCUT2D eigenvalue weighted by atomic mass is 10.1. The fraction of sp³-hybridized carbons (Fsp3) is 0.167. The number of hydrogen-bond acceptors (Lipinski definition) is 4. The highest BCUT2D eigenvalue weighted by Gasteiger charge is 2.09. The third-order valence-electron chi connectivity index (χ3n) is 1.98. The van der Waals surface area contributed by atoms with Gasteiger partial charge in [-0.25, -0.2) is 10.9 Å². The lowest BCUT2D eigenvalue weighted by Crippen LogP contribution is -2.20. The van der Waals surface area contributed by atoms with Crippen molar-refractivity contribution in [1.82, 2.24) is 10.9 Å². The number of carbonyl (C=O) groups excluding carboxylic acids is 2. The predicted molar refractivity (Wildman–Crippen MR) is 69.7 cm³/mol. The van der Waals surface area contributed by atoms with Crippen LogP contribution in [0.5, 0.6) is 0 Å². The molecule has 2 N–H and O–H groups in total. The van der Waals surface area contributed by atoms with Crippen LogP contribution in [0.1, 0.15) is 34.6 Å². The molecule has 0 saturated heterocycles. The second-order valence-corrected chi connectivity index (χ2v) is 3.24. The van der Waals surface area contributed by atoms with Gasteiger partial charge in [0.05, 0.1) is 0 Å². The van der Waals surface area contributed by atoms with Crippen molar-refractivity contribution in [2.75, 3.05) is 0 Å². The Morgan fingerprint density at radius 2 is 1.44 bits per heavy atom. The van der Waals surface area contributed by atoms with Crippen LogP contribution in [-0.4, -0.2) is 24.2 Å². The van der Waals surface area contributed by atoms with Gasteiger partial charge in [0.15, 0.2) is 0 Å². The maximum Gasteiger partial charge on any atom is 0.271 e. The number of amides is 2. The number of benzene rings is 1. The van der Waals surface area contributed by atoms with E-state index in [4.69, 9.17) is 0 Å². The third-order valence-corrected chi connectivity index (χ3v) is 1.98. The fourth-order valence-corrected chi connectivity index (χ4v) is 1.18. The Balaban J connectivity index is 2.85. The third kappa shape index (κ3) is 3.82. The molecule has 0 spiro atoms. The van der Waals surface area contributed by atoms with Crippen LogP contribution in [-0.2, 0) is 0 Å². The quantitative estimate of drug-likeness (QED) is 0.617. The molecule has 0 heterocycles. The molecule has 0 aliphatic rings. The molecule has 0 radical (unpaired) electrons. The standard InChI is InChI=1S/C12H14N4O2/c1-3-13-15-11(17)9-6-5-7-10(8-9)12(18)16-14-4-2/h3-8H,1-2H3,(H,15,17)(H,16,18). The van der Waals surface area contributed by atoms with Crippen LogP contribution in [0, 0.1) is 0 Å². The zero-order valence-corrected chi connectivity index (χ0v) is 10.2. The van der Waals surface area contributed by atoms with E-state index in [-0.39, 0.29) is 11.8 Å². The Bertz CT molecular complexity index is 453. The van der Waals surface area contributed by atoms with Crippen LogP contribution < -0.4 is 10.9 Å². The summed E-state index contributed by atoms with van der Waals surface area (Å²) < 4.78 is 0. The number of hydrazone groups is 2. The van der Waals surface area contributed by atoms with Gasteiger partial charge in [-0.1, -0.05) is 6.07 Å². The van der Waals surface area contributed by atoms with Crippen LogP contribution in [0.4, 0.5) is 0 Å². The van der Waals surface area contributed by atoms with Gasteiger partial charge in [-0.3, -0.25) is 9.59 Å². The molecule has 0 atom stereocenters. The molecule has 6 nitrogen and oxygen atoms in total. The van der Waals surface area contributed by atoms with Gasteiger partial charge in [-0.05, 0) is 32.0 Å². The van der Waals surface area contributed by atoms with Gasteiger partial charge in [-0.2, -0.15) is 10.2 Å². The van der Waals surface area contributed by atoms with Crippen molar-refractivity contribution in [3.8, 4) is 0 Å². The highest BCUT2D eigenvalue weighted by Crippen LogP contribution is 2.05. The van der Waals surface area contributed by atoms with E-state index in [0.29, 0.717) is 11.1 Å². The highest BCUT2D eigenvalue weighted by molar-refractivity contribution is 5.99. The van der Waals surface area contributed by atoms with E-state index in [9.17, 15) is 9.59 Å². The van der Waals surface area contributed by atoms with Crippen LogP contribution in [0.15, 0.2) is 34.5 Å². The molecule has 0 unspecified atom stereocenters. The highest BCUT2D eigenvalue weighted by atomic mass is 16.2. The van der Waals surface area contributed by atoms with Crippen molar-refractivity contribution in [1.29, 1.82) is 0 Å². The molecular formula is C12H14N4O2. The minimum absolute atomic E-state index is 0.355. The molecule has 0 aromatic heterocycles. The van der Waals surface area contributed by atoms with Crippen LogP contribution in [0.2, 0.25) is 0 Å². The minimum Gasteiger partial charge on any atom is -0.267 e. The van der Waals surface area contributed by atoms with E-state index in [1.807, 2.05) is 0 Å².